The molecule has 1 aromatic carbocycles. The summed E-state index contributed by atoms with van der Waals surface area (Å²) in [5.74, 6) is -1.85. The Balaban J connectivity index is 1.55. The van der Waals surface area contributed by atoms with E-state index in [1.807, 2.05) is 6.92 Å². The number of nitrogens with one attached hydrogen (secondary N) is 3. The highest BCUT2D eigenvalue weighted by Gasteiger charge is 2.23. The molecule has 6 N–H and O–H groups in total. The number of carboxylic acid groups (broad SMARTS) is 1. The molecule has 1 aliphatic rings. The van der Waals surface area contributed by atoms with Crippen molar-refractivity contribution < 1.29 is 24.3 Å². The van der Waals surface area contributed by atoms with Crippen LogP contribution in [-0.4, -0.2) is 57.1 Å². The number of rotatable bonds is 11. The van der Waals surface area contributed by atoms with E-state index >= 15 is 0 Å². The number of carboxylic acids is 1. The summed E-state index contributed by atoms with van der Waals surface area (Å²) >= 11 is 0. The molecule has 12 nitrogen and oxygen atoms in total. The van der Waals surface area contributed by atoms with Crippen molar-refractivity contribution in [3.8, 4) is 0 Å². The Hall–Kier alpha value is -4.35. The van der Waals surface area contributed by atoms with Gasteiger partial charge in [0.2, 0.25) is 5.91 Å². The molecule has 3 rings (SSSR count). The highest BCUT2D eigenvalue weighted by Crippen LogP contribution is 2.21. The molecule has 0 radical (unpaired) electrons. The Morgan fingerprint density at radius 1 is 1.20 bits per heavy atom. The number of amidine groups is 1. The Morgan fingerprint density at radius 3 is 2.63 bits per heavy atom. The number of hydrogen-bond donors (Lipinski definition) is 5. The van der Waals surface area contributed by atoms with Gasteiger partial charge in [-0.1, -0.05) is 6.92 Å². The fourth-order valence-electron chi connectivity index (χ4n) is 3.26. The van der Waals surface area contributed by atoms with Crippen molar-refractivity contribution in [3.05, 3.63) is 47.4 Å². The molecule has 184 valence electrons. The van der Waals surface area contributed by atoms with Gasteiger partial charge in [-0.25, -0.2) is 19.8 Å². The number of anilines is 1. The molecule has 0 spiro atoms. The zero-order chi connectivity index (χ0) is 25.4. The zero-order valence-electron chi connectivity index (χ0n) is 19.2. The van der Waals surface area contributed by atoms with Crippen LogP contribution in [0.4, 0.5) is 11.5 Å². The number of aliphatic carboxylic acids is 1. The molecule has 0 bridgehead atoms. The van der Waals surface area contributed by atoms with Gasteiger partial charge in [-0.3, -0.25) is 14.4 Å². The highest BCUT2D eigenvalue weighted by atomic mass is 16.4. The standard InChI is InChI=1S/C23H27N7O5/c1-2-9-25-19(32)8-7-16(23(34)35)29-22(33)13-3-5-14(6-4-13)26-11-15-12-27-21-20(28-15)17(31)10-18(24)30-21/h3-6,12,16,26H,2,7-11H2,1H3,(H,25,32)(H,29,33)(H,34,35)(H2,24,27,30)/t16-/m1/s1. The second-order valence-corrected chi connectivity index (χ2v) is 7.92. The van der Waals surface area contributed by atoms with Crippen LogP contribution in [0.25, 0.3) is 0 Å². The van der Waals surface area contributed by atoms with E-state index in [0.717, 1.165) is 6.42 Å². The summed E-state index contributed by atoms with van der Waals surface area (Å²) in [6, 6.07) is 5.22. The molecule has 2 aromatic rings. The maximum Gasteiger partial charge on any atom is 0.326 e. The fourth-order valence-corrected chi connectivity index (χ4v) is 3.26. The number of carbonyl (C=O) groups excluding carboxylic acids is 3. The first kappa shape index (κ1) is 25.3. The molecule has 35 heavy (non-hydrogen) atoms. The smallest absolute Gasteiger partial charge is 0.326 e. The van der Waals surface area contributed by atoms with Crippen LogP contribution in [0.5, 0.6) is 0 Å². The van der Waals surface area contributed by atoms with Crippen molar-refractivity contribution in [3.63, 3.8) is 0 Å². The first-order valence-corrected chi connectivity index (χ1v) is 11.1. The van der Waals surface area contributed by atoms with Gasteiger partial charge in [0.1, 0.15) is 11.9 Å². The van der Waals surface area contributed by atoms with Crippen LogP contribution in [0.15, 0.2) is 35.5 Å². The molecule has 0 fully saturated rings. The minimum absolute atomic E-state index is 0.00295. The lowest BCUT2D eigenvalue weighted by Crippen LogP contribution is -2.41. The molecule has 2 heterocycles. The van der Waals surface area contributed by atoms with Crippen molar-refractivity contribution in [2.45, 2.75) is 45.2 Å². The van der Waals surface area contributed by atoms with Crippen molar-refractivity contribution in [2.75, 3.05) is 11.9 Å². The van der Waals surface area contributed by atoms with Crippen LogP contribution in [0.1, 0.15) is 59.1 Å². The summed E-state index contributed by atoms with van der Waals surface area (Å²) in [7, 11) is 0. The third-order valence-electron chi connectivity index (χ3n) is 5.11. The maximum atomic E-state index is 12.5. The lowest BCUT2D eigenvalue weighted by Gasteiger charge is -2.15. The molecule has 2 amide bonds. The normalized spacial score (nSPS) is 13.3. The van der Waals surface area contributed by atoms with E-state index in [1.54, 1.807) is 24.3 Å². The molecule has 0 unspecified atom stereocenters. The lowest BCUT2D eigenvalue weighted by molar-refractivity contribution is -0.139. The first-order chi connectivity index (χ1) is 16.8. The van der Waals surface area contributed by atoms with Crippen molar-refractivity contribution in [2.24, 2.45) is 10.7 Å². The Labute approximate surface area is 201 Å². The van der Waals surface area contributed by atoms with Crippen LogP contribution in [0.2, 0.25) is 0 Å². The van der Waals surface area contributed by atoms with Crippen LogP contribution in [-0.2, 0) is 16.1 Å². The quantitative estimate of drug-likeness (QED) is 0.313. The number of fused-ring (bicyclic) bond motifs is 1. The maximum absolute atomic E-state index is 12.5. The Kier molecular flexibility index (Phi) is 8.43. The summed E-state index contributed by atoms with van der Waals surface area (Å²) < 4.78 is 0. The topological polar surface area (TPSA) is 189 Å². The Bertz CT molecular complexity index is 1150. The number of Topliss-reactive ketones (excluding diaryl/α,β-unsaturated/α-hetero) is 1. The number of aromatic nitrogens is 2. The Morgan fingerprint density at radius 2 is 1.94 bits per heavy atom. The number of nitrogens with two attached hydrogens (primary N) is 1. The number of aliphatic imine (C=N–C) groups is 1. The third kappa shape index (κ3) is 7.06. The minimum atomic E-state index is -1.21. The molecule has 0 aliphatic carbocycles. The summed E-state index contributed by atoms with van der Waals surface area (Å²) in [6.07, 6.45) is 2.27. The van der Waals surface area contributed by atoms with Gasteiger partial charge in [-0.15, -0.1) is 0 Å². The molecular weight excluding hydrogens is 454 g/mol. The average Bonchev–Trinajstić information content (AvgIpc) is 2.84. The average molecular weight is 482 g/mol. The van der Waals surface area contributed by atoms with Crippen molar-refractivity contribution >= 4 is 40.9 Å². The largest absolute Gasteiger partial charge is 0.480 e. The van der Waals surface area contributed by atoms with E-state index < -0.39 is 17.9 Å². The predicted octanol–water partition coefficient (Wildman–Crippen LogP) is 1.15. The van der Waals surface area contributed by atoms with E-state index in [0.29, 0.717) is 17.9 Å². The van der Waals surface area contributed by atoms with Crippen LogP contribution in [0.3, 0.4) is 0 Å². The number of nitrogens with zero attached hydrogens (tertiary/aromatic N) is 3. The van der Waals surface area contributed by atoms with Gasteiger partial charge in [0.05, 0.1) is 24.9 Å². The molecule has 1 aromatic heterocycles. The number of hydrogen-bond acceptors (Lipinski definition) is 9. The molecule has 1 aliphatic heterocycles. The van der Waals surface area contributed by atoms with E-state index in [2.05, 4.69) is 30.9 Å². The van der Waals surface area contributed by atoms with E-state index in [9.17, 15) is 24.3 Å². The van der Waals surface area contributed by atoms with Gasteiger partial charge in [-0.05, 0) is 37.1 Å². The zero-order valence-corrected chi connectivity index (χ0v) is 19.2. The molecule has 0 saturated carbocycles. The molecule has 12 heteroatoms. The van der Waals surface area contributed by atoms with Crippen LogP contribution < -0.4 is 21.7 Å². The van der Waals surface area contributed by atoms with Gasteiger partial charge < -0.3 is 26.8 Å². The van der Waals surface area contributed by atoms with Gasteiger partial charge in [0, 0.05) is 24.2 Å². The van der Waals surface area contributed by atoms with Gasteiger partial charge in [0.15, 0.2) is 17.3 Å². The highest BCUT2D eigenvalue weighted by molar-refractivity contribution is 6.13. The number of benzene rings is 1. The van der Waals surface area contributed by atoms with Crippen molar-refractivity contribution in [1.82, 2.24) is 20.6 Å². The summed E-state index contributed by atoms with van der Waals surface area (Å²) in [5.41, 5.74) is 7.27. The predicted molar refractivity (Wildman–Crippen MR) is 127 cm³/mol. The number of amides is 2. The number of ketones is 1. The lowest BCUT2D eigenvalue weighted by atomic mass is 10.1. The summed E-state index contributed by atoms with van der Waals surface area (Å²) in [6.45, 7) is 2.71. The summed E-state index contributed by atoms with van der Waals surface area (Å²) in [5, 5.41) is 17.6. The first-order valence-electron chi connectivity index (χ1n) is 11.1. The minimum Gasteiger partial charge on any atom is -0.480 e. The van der Waals surface area contributed by atoms with Crippen molar-refractivity contribution in [1.29, 1.82) is 0 Å². The van der Waals surface area contributed by atoms with Crippen LogP contribution in [0, 0.1) is 0 Å². The number of carbonyl (C=O) groups is 4. The SMILES string of the molecule is CCCNC(=O)CC[C@@H](NC(=O)c1ccc(NCc2cnc3c(n2)C(=O)CC(N)=N3)cc1)C(=O)O. The molecular formula is C23H27N7O5. The van der Waals surface area contributed by atoms with Gasteiger partial charge in [0.25, 0.3) is 5.91 Å². The van der Waals surface area contributed by atoms with E-state index in [1.165, 1.54) is 6.20 Å². The van der Waals surface area contributed by atoms with Gasteiger partial charge in [-0.2, -0.15) is 0 Å². The van der Waals surface area contributed by atoms with E-state index in [-0.39, 0.29) is 60.4 Å². The fraction of sp³-hybridized carbons (Fsp3) is 0.348. The van der Waals surface area contributed by atoms with E-state index in [4.69, 9.17) is 5.73 Å². The summed E-state index contributed by atoms with van der Waals surface area (Å²) in [4.78, 5) is 60.3. The molecule has 0 saturated heterocycles. The second-order valence-electron chi connectivity index (χ2n) is 7.92. The third-order valence-corrected chi connectivity index (χ3v) is 5.11. The monoisotopic (exact) mass is 481 g/mol. The van der Waals surface area contributed by atoms with Crippen LogP contribution >= 0.6 is 0 Å². The molecule has 1 atom stereocenters. The second kappa shape index (κ2) is 11.7. The van der Waals surface area contributed by atoms with Gasteiger partial charge >= 0.3 is 5.97 Å².